The molecule has 3 heterocycles. The first-order chi connectivity index (χ1) is 11.7. The molecule has 4 rings (SSSR count). The van der Waals surface area contributed by atoms with Crippen molar-refractivity contribution < 1.29 is 14.2 Å². The third kappa shape index (κ3) is 2.78. The molecule has 130 valence electrons. The number of guanidine groups is 1. The fraction of sp³-hybridized carbons (Fsp3) is 0.611. The first-order valence-electron chi connectivity index (χ1n) is 8.70. The fourth-order valence-corrected chi connectivity index (χ4v) is 4.46. The van der Waals surface area contributed by atoms with E-state index in [1.807, 2.05) is 0 Å². The summed E-state index contributed by atoms with van der Waals surface area (Å²) in [5, 5.41) is 13.5. The second-order valence-electron chi connectivity index (χ2n) is 7.02. The molecule has 2 bridgehead atoms. The number of nitrogens with one attached hydrogen (secondary N) is 1. The maximum atomic E-state index is 13.0. The molecule has 3 aliphatic heterocycles. The molecule has 2 N–H and O–H groups in total. The minimum atomic E-state index is -0.691. The normalized spacial score (nSPS) is 33.0. The lowest BCUT2D eigenvalue weighted by atomic mass is 9.82. The quantitative estimate of drug-likeness (QED) is 0.651. The second-order valence-corrected chi connectivity index (χ2v) is 7.02. The number of rotatable bonds is 3. The zero-order valence-corrected chi connectivity index (χ0v) is 13.9. The molecule has 3 fully saturated rings. The van der Waals surface area contributed by atoms with Crippen molar-refractivity contribution in [3.8, 4) is 0 Å². The number of benzene rings is 1. The Hall–Kier alpha value is -1.66. The van der Waals surface area contributed by atoms with Crippen LogP contribution >= 0.6 is 0 Å². The second kappa shape index (κ2) is 6.33. The lowest BCUT2D eigenvalue weighted by Gasteiger charge is -2.24. The Bertz CT molecular complexity index is 603. The Morgan fingerprint density at radius 2 is 1.92 bits per heavy atom. The lowest BCUT2D eigenvalue weighted by Crippen LogP contribution is -2.42. The molecule has 1 aromatic carbocycles. The minimum Gasteiger partial charge on any atom is -0.387 e. The van der Waals surface area contributed by atoms with Gasteiger partial charge in [-0.25, -0.2) is 4.39 Å². The smallest absolute Gasteiger partial charge is 0.193 e. The molecule has 5 nitrogen and oxygen atoms in total. The number of fused-ring (bicyclic) bond motifs is 5. The summed E-state index contributed by atoms with van der Waals surface area (Å²) in [6, 6.07) is 5.95. The van der Waals surface area contributed by atoms with E-state index < -0.39 is 6.10 Å². The molecular weight excluding hydrogens is 309 g/mol. The highest BCUT2D eigenvalue weighted by molar-refractivity contribution is 5.80. The molecule has 1 aromatic rings. The van der Waals surface area contributed by atoms with Crippen LogP contribution in [0.1, 0.15) is 24.5 Å². The lowest BCUT2D eigenvalue weighted by molar-refractivity contribution is 0.0766. The number of ether oxygens (including phenoxy) is 1. The van der Waals surface area contributed by atoms with Gasteiger partial charge in [-0.05, 0) is 30.5 Å². The highest BCUT2D eigenvalue weighted by Gasteiger charge is 2.53. The van der Waals surface area contributed by atoms with Crippen LogP contribution in [0.5, 0.6) is 0 Å². The maximum absolute atomic E-state index is 13.0. The molecule has 3 saturated heterocycles. The average molecular weight is 333 g/mol. The SMILES string of the molecule is CN=C(NCC(O)c1ccc(F)cc1)N1CC2C3CCC(O3)C2C1. The van der Waals surface area contributed by atoms with Crippen LogP contribution in [0, 0.1) is 17.7 Å². The van der Waals surface area contributed by atoms with Gasteiger partial charge in [0, 0.05) is 38.5 Å². The van der Waals surface area contributed by atoms with E-state index >= 15 is 0 Å². The summed E-state index contributed by atoms with van der Waals surface area (Å²) in [4.78, 5) is 6.65. The van der Waals surface area contributed by atoms with Crippen molar-refractivity contribution in [1.29, 1.82) is 0 Å². The van der Waals surface area contributed by atoms with Gasteiger partial charge in [-0.15, -0.1) is 0 Å². The van der Waals surface area contributed by atoms with E-state index in [1.54, 1.807) is 19.2 Å². The highest BCUT2D eigenvalue weighted by atomic mass is 19.1. The molecule has 0 aliphatic carbocycles. The van der Waals surface area contributed by atoms with Crippen molar-refractivity contribution >= 4 is 5.96 Å². The summed E-state index contributed by atoms with van der Waals surface area (Å²) in [6.07, 6.45) is 2.54. The average Bonchev–Trinajstić information content (AvgIpc) is 3.29. The minimum absolute atomic E-state index is 0.296. The van der Waals surface area contributed by atoms with Crippen LogP contribution in [-0.4, -0.2) is 54.9 Å². The molecular formula is C18H24FN3O2. The predicted molar refractivity (Wildman–Crippen MR) is 89.2 cm³/mol. The summed E-state index contributed by atoms with van der Waals surface area (Å²) in [5.74, 6) is 1.76. The highest BCUT2D eigenvalue weighted by Crippen LogP contribution is 2.47. The van der Waals surface area contributed by atoms with Gasteiger partial charge < -0.3 is 20.1 Å². The Balaban J connectivity index is 1.34. The number of aliphatic hydroxyl groups excluding tert-OH is 1. The molecule has 0 radical (unpaired) electrons. The monoisotopic (exact) mass is 333 g/mol. The maximum Gasteiger partial charge on any atom is 0.193 e. The van der Waals surface area contributed by atoms with Crippen molar-refractivity contribution in [3.05, 3.63) is 35.6 Å². The van der Waals surface area contributed by atoms with E-state index in [0.29, 0.717) is 36.2 Å². The Morgan fingerprint density at radius 1 is 1.29 bits per heavy atom. The van der Waals surface area contributed by atoms with Gasteiger partial charge in [0.25, 0.3) is 0 Å². The Kier molecular flexibility index (Phi) is 4.18. The Morgan fingerprint density at radius 3 is 2.50 bits per heavy atom. The molecule has 24 heavy (non-hydrogen) atoms. The van der Waals surface area contributed by atoms with E-state index in [0.717, 1.165) is 19.0 Å². The summed E-state index contributed by atoms with van der Waals surface area (Å²) < 4.78 is 19.0. The van der Waals surface area contributed by atoms with Gasteiger partial charge in [-0.3, -0.25) is 4.99 Å². The first kappa shape index (κ1) is 15.8. The number of likely N-dealkylation sites (tertiary alicyclic amines) is 1. The van der Waals surface area contributed by atoms with Crippen LogP contribution in [0.2, 0.25) is 0 Å². The molecule has 5 unspecified atom stereocenters. The number of halogens is 1. The van der Waals surface area contributed by atoms with Crippen molar-refractivity contribution in [2.45, 2.75) is 31.2 Å². The van der Waals surface area contributed by atoms with Crippen LogP contribution in [0.25, 0.3) is 0 Å². The predicted octanol–water partition coefficient (Wildman–Crippen LogP) is 1.54. The topological polar surface area (TPSA) is 57.1 Å². The van der Waals surface area contributed by atoms with Crippen LogP contribution in [-0.2, 0) is 4.74 Å². The molecule has 3 aliphatic rings. The van der Waals surface area contributed by atoms with Gasteiger partial charge in [0.15, 0.2) is 5.96 Å². The number of hydrogen-bond donors (Lipinski definition) is 2. The van der Waals surface area contributed by atoms with Gasteiger partial charge in [-0.2, -0.15) is 0 Å². The summed E-state index contributed by atoms with van der Waals surface area (Å²) in [6.45, 7) is 2.30. The van der Waals surface area contributed by atoms with Crippen molar-refractivity contribution in [1.82, 2.24) is 10.2 Å². The molecule has 6 heteroatoms. The zero-order valence-electron chi connectivity index (χ0n) is 13.9. The van der Waals surface area contributed by atoms with Crippen LogP contribution < -0.4 is 5.32 Å². The zero-order chi connectivity index (χ0) is 16.7. The first-order valence-corrected chi connectivity index (χ1v) is 8.70. The van der Waals surface area contributed by atoms with E-state index in [1.165, 1.54) is 25.0 Å². The molecule has 0 amide bonds. The third-order valence-corrected chi connectivity index (χ3v) is 5.67. The van der Waals surface area contributed by atoms with Gasteiger partial charge in [0.1, 0.15) is 5.82 Å². The number of aliphatic imine (C=N–C) groups is 1. The molecule has 5 atom stereocenters. The Labute approximate surface area is 141 Å². The molecule has 0 saturated carbocycles. The van der Waals surface area contributed by atoms with Crippen LogP contribution in [0.3, 0.4) is 0 Å². The van der Waals surface area contributed by atoms with E-state index in [4.69, 9.17) is 4.74 Å². The van der Waals surface area contributed by atoms with E-state index in [2.05, 4.69) is 15.2 Å². The summed E-state index contributed by atoms with van der Waals surface area (Å²) in [5.41, 5.74) is 0.698. The number of aliphatic hydroxyl groups is 1. The summed E-state index contributed by atoms with van der Waals surface area (Å²) >= 11 is 0. The van der Waals surface area contributed by atoms with Crippen molar-refractivity contribution in [2.75, 3.05) is 26.7 Å². The molecule has 0 aromatic heterocycles. The van der Waals surface area contributed by atoms with Gasteiger partial charge in [-0.1, -0.05) is 12.1 Å². The molecule has 0 spiro atoms. The van der Waals surface area contributed by atoms with Gasteiger partial charge >= 0.3 is 0 Å². The van der Waals surface area contributed by atoms with Gasteiger partial charge in [0.05, 0.1) is 18.3 Å². The van der Waals surface area contributed by atoms with E-state index in [-0.39, 0.29) is 5.82 Å². The van der Waals surface area contributed by atoms with Crippen LogP contribution in [0.15, 0.2) is 29.3 Å². The number of hydrogen-bond acceptors (Lipinski definition) is 3. The standard InChI is InChI=1S/C18H24FN3O2/c1-20-18(21-8-15(23)11-2-4-12(19)5-3-11)22-9-13-14(10-22)17-7-6-16(13)24-17/h2-5,13-17,23H,6-10H2,1H3,(H,20,21). The number of nitrogens with zero attached hydrogens (tertiary/aromatic N) is 2. The third-order valence-electron chi connectivity index (χ3n) is 5.67. The fourth-order valence-electron chi connectivity index (χ4n) is 4.46. The van der Waals surface area contributed by atoms with Crippen molar-refractivity contribution in [2.24, 2.45) is 16.8 Å². The van der Waals surface area contributed by atoms with Gasteiger partial charge in [0.2, 0.25) is 0 Å². The van der Waals surface area contributed by atoms with Crippen molar-refractivity contribution in [3.63, 3.8) is 0 Å². The summed E-state index contributed by atoms with van der Waals surface area (Å²) in [7, 11) is 1.77. The largest absolute Gasteiger partial charge is 0.387 e. The van der Waals surface area contributed by atoms with Crippen LogP contribution in [0.4, 0.5) is 4.39 Å². The van der Waals surface area contributed by atoms with E-state index in [9.17, 15) is 9.50 Å².